The third-order valence-electron chi connectivity index (χ3n) is 4.50. The number of fused-ring (bicyclic) bond motifs is 1. The number of nitro benzene ring substituents is 1. The molecule has 1 aromatic heterocycles. The van der Waals surface area contributed by atoms with Crippen molar-refractivity contribution in [2.75, 3.05) is 12.4 Å². The highest BCUT2D eigenvalue weighted by atomic mass is 16.6. The Bertz CT molecular complexity index is 1290. The molecule has 31 heavy (non-hydrogen) atoms. The van der Waals surface area contributed by atoms with Crippen molar-refractivity contribution in [1.82, 2.24) is 4.98 Å². The van der Waals surface area contributed by atoms with Crippen LogP contribution in [0.5, 0.6) is 5.75 Å². The van der Waals surface area contributed by atoms with Gasteiger partial charge < -0.3 is 14.5 Å². The van der Waals surface area contributed by atoms with Gasteiger partial charge in [-0.15, -0.1) is 0 Å². The van der Waals surface area contributed by atoms with Crippen LogP contribution in [0.15, 0.2) is 77.2 Å². The Morgan fingerprint density at radius 1 is 1.13 bits per heavy atom. The van der Waals surface area contributed by atoms with Crippen LogP contribution < -0.4 is 10.1 Å². The van der Waals surface area contributed by atoms with Gasteiger partial charge in [-0.2, -0.15) is 0 Å². The molecule has 0 radical (unpaired) electrons. The van der Waals surface area contributed by atoms with Gasteiger partial charge in [0, 0.05) is 29.5 Å². The molecule has 0 unspecified atom stereocenters. The minimum Gasteiger partial charge on any atom is -0.497 e. The summed E-state index contributed by atoms with van der Waals surface area (Å²) in [5.74, 6) is 0.833. The standard InChI is InChI=1S/C23H17N3O5/c1-30-19-9-6-16(7-10-19)23-25-20-14-17(8-11-21(20)31-23)24-22(27)12-5-15-3-2-4-18(13-15)26(28)29/h2-14H,1H3,(H,24,27). The predicted molar refractivity (Wildman–Crippen MR) is 117 cm³/mol. The normalized spacial score (nSPS) is 11.0. The third-order valence-corrected chi connectivity index (χ3v) is 4.50. The van der Waals surface area contributed by atoms with E-state index in [2.05, 4.69) is 10.3 Å². The highest BCUT2D eigenvalue weighted by Gasteiger charge is 2.10. The number of anilines is 1. The molecule has 0 aliphatic carbocycles. The van der Waals surface area contributed by atoms with E-state index < -0.39 is 4.92 Å². The summed E-state index contributed by atoms with van der Waals surface area (Å²) in [5.41, 5.74) is 3.08. The van der Waals surface area contributed by atoms with Crippen molar-refractivity contribution in [1.29, 1.82) is 0 Å². The second-order valence-corrected chi connectivity index (χ2v) is 6.60. The van der Waals surface area contributed by atoms with Crippen LogP contribution in [0, 0.1) is 10.1 Å². The van der Waals surface area contributed by atoms with Gasteiger partial charge in [-0.1, -0.05) is 12.1 Å². The lowest BCUT2D eigenvalue weighted by atomic mass is 10.2. The number of methoxy groups -OCH3 is 1. The summed E-state index contributed by atoms with van der Waals surface area (Å²) in [6, 6.07) is 18.5. The molecule has 0 fully saturated rings. The lowest BCUT2D eigenvalue weighted by Crippen LogP contribution is -2.07. The molecule has 1 amide bonds. The second-order valence-electron chi connectivity index (χ2n) is 6.60. The molecule has 8 nitrogen and oxygen atoms in total. The van der Waals surface area contributed by atoms with Gasteiger partial charge >= 0.3 is 0 Å². The summed E-state index contributed by atoms with van der Waals surface area (Å²) in [6.07, 6.45) is 2.83. The number of benzene rings is 3. The molecule has 4 rings (SSSR count). The number of hydrogen-bond acceptors (Lipinski definition) is 6. The number of oxazole rings is 1. The average Bonchev–Trinajstić information content (AvgIpc) is 3.21. The number of aromatic nitrogens is 1. The molecule has 0 saturated heterocycles. The molecule has 0 bridgehead atoms. The molecule has 0 aliphatic rings. The summed E-state index contributed by atoms with van der Waals surface area (Å²) >= 11 is 0. The van der Waals surface area contributed by atoms with Gasteiger partial charge in [0.2, 0.25) is 11.8 Å². The Hall–Kier alpha value is -4.46. The minimum atomic E-state index is -0.481. The van der Waals surface area contributed by atoms with Crippen LogP contribution >= 0.6 is 0 Å². The monoisotopic (exact) mass is 415 g/mol. The number of nitro groups is 1. The maximum Gasteiger partial charge on any atom is 0.270 e. The number of nitrogens with one attached hydrogen (secondary N) is 1. The van der Waals surface area contributed by atoms with Gasteiger partial charge in [0.1, 0.15) is 11.3 Å². The molecule has 1 heterocycles. The van der Waals surface area contributed by atoms with Gasteiger partial charge in [-0.25, -0.2) is 4.98 Å². The van der Waals surface area contributed by atoms with Crippen LogP contribution in [-0.4, -0.2) is 22.9 Å². The van der Waals surface area contributed by atoms with Crippen molar-refractivity contribution in [3.8, 4) is 17.2 Å². The molecule has 0 saturated carbocycles. The van der Waals surface area contributed by atoms with Crippen molar-refractivity contribution in [2.45, 2.75) is 0 Å². The zero-order valence-electron chi connectivity index (χ0n) is 16.4. The van der Waals surface area contributed by atoms with Crippen molar-refractivity contribution < 1.29 is 18.9 Å². The molecule has 0 spiro atoms. The van der Waals surface area contributed by atoms with Crippen LogP contribution in [0.3, 0.4) is 0 Å². The van der Waals surface area contributed by atoms with Gasteiger partial charge in [0.25, 0.3) is 5.69 Å². The molecule has 3 aromatic carbocycles. The number of ether oxygens (including phenoxy) is 1. The molecular formula is C23H17N3O5. The fourth-order valence-electron chi connectivity index (χ4n) is 2.96. The molecule has 0 atom stereocenters. The van der Waals surface area contributed by atoms with Crippen molar-refractivity contribution >= 4 is 34.5 Å². The lowest BCUT2D eigenvalue weighted by Gasteiger charge is -2.01. The van der Waals surface area contributed by atoms with Gasteiger partial charge in [0.05, 0.1) is 12.0 Å². The van der Waals surface area contributed by atoms with Crippen LogP contribution in [0.25, 0.3) is 28.6 Å². The third kappa shape index (κ3) is 4.59. The number of amides is 1. The van der Waals surface area contributed by atoms with E-state index in [1.807, 2.05) is 24.3 Å². The SMILES string of the molecule is COc1ccc(-c2nc3cc(NC(=O)C=Cc4cccc([N+](=O)[O-])c4)ccc3o2)cc1. The molecule has 8 heteroatoms. The average molecular weight is 415 g/mol. The predicted octanol–water partition coefficient (Wildman–Crippen LogP) is 5.06. The van der Waals surface area contributed by atoms with E-state index in [0.717, 1.165) is 11.3 Å². The fraction of sp³-hybridized carbons (Fsp3) is 0.0435. The maximum absolute atomic E-state index is 12.2. The van der Waals surface area contributed by atoms with E-state index in [9.17, 15) is 14.9 Å². The first-order valence-electron chi connectivity index (χ1n) is 9.30. The van der Waals surface area contributed by atoms with Crippen molar-refractivity contribution in [3.05, 3.63) is 88.5 Å². The number of hydrogen-bond donors (Lipinski definition) is 1. The second kappa shape index (κ2) is 8.50. The lowest BCUT2D eigenvalue weighted by molar-refractivity contribution is -0.384. The van der Waals surface area contributed by atoms with E-state index in [1.165, 1.54) is 24.3 Å². The van der Waals surface area contributed by atoms with E-state index in [1.54, 1.807) is 37.4 Å². The zero-order chi connectivity index (χ0) is 21.8. The summed E-state index contributed by atoms with van der Waals surface area (Å²) in [6.45, 7) is 0. The van der Waals surface area contributed by atoms with Crippen LogP contribution in [-0.2, 0) is 4.79 Å². The molecule has 1 N–H and O–H groups in total. The quantitative estimate of drug-likeness (QED) is 0.268. The number of non-ortho nitro benzene ring substituents is 1. The Labute approximate surface area is 176 Å². The smallest absolute Gasteiger partial charge is 0.270 e. The fourth-order valence-corrected chi connectivity index (χ4v) is 2.96. The molecule has 154 valence electrons. The number of nitrogens with zero attached hydrogens (tertiary/aromatic N) is 2. The van der Waals surface area contributed by atoms with Crippen LogP contribution in [0.1, 0.15) is 5.56 Å². The number of carbonyl (C=O) groups is 1. The first kappa shape index (κ1) is 19.8. The van der Waals surface area contributed by atoms with Gasteiger partial charge in [0.15, 0.2) is 5.58 Å². The van der Waals surface area contributed by atoms with E-state index in [0.29, 0.717) is 28.2 Å². The van der Waals surface area contributed by atoms with Gasteiger partial charge in [-0.05, 0) is 54.1 Å². The Balaban J connectivity index is 1.48. The van der Waals surface area contributed by atoms with Crippen molar-refractivity contribution in [2.24, 2.45) is 0 Å². The van der Waals surface area contributed by atoms with Gasteiger partial charge in [-0.3, -0.25) is 14.9 Å². The van der Waals surface area contributed by atoms with Crippen LogP contribution in [0.4, 0.5) is 11.4 Å². The Kier molecular flexibility index (Phi) is 5.44. The highest BCUT2D eigenvalue weighted by Crippen LogP contribution is 2.27. The highest BCUT2D eigenvalue weighted by molar-refractivity contribution is 6.02. The first-order chi connectivity index (χ1) is 15.0. The topological polar surface area (TPSA) is 108 Å². The number of carbonyl (C=O) groups excluding carboxylic acids is 1. The molecule has 0 aliphatic heterocycles. The van der Waals surface area contributed by atoms with E-state index in [4.69, 9.17) is 9.15 Å². The van der Waals surface area contributed by atoms with Crippen molar-refractivity contribution in [3.63, 3.8) is 0 Å². The zero-order valence-corrected chi connectivity index (χ0v) is 16.4. The molecule has 4 aromatic rings. The van der Waals surface area contributed by atoms with Crippen LogP contribution in [0.2, 0.25) is 0 Å². The Morgan fingerprint density at radius 2 is 1.94 bits per heavy atom. The summed E-state index contributed by atoms with van der Waals surface area (Å²) < 4.78 is 10.9. The first-order valence-corrected chi connectivity index (χ1v) is 9.30. The summed E-state index contributed by atoms with van der Waals surface area (Å²) in [5, 5.41) is 13.6. The van der Waals surface area contributed by atoms with E-state index in [-0.39, 0.29) is 11.6 Å². The minimum absolute atomic E-state index is 0.0355. The molecular weight excluding hydrogens is 398 g/mol. The number of rotatable bonds is 6. The maximum atomic E-state index is 12.2. The summed E-state index contributed by atoms with van der Waals surface area (Å²) in [7, 11) is 1.60. The largest absolute Gasteiger partial charge is 0.497 e. The summed E-state index contributed by atoms with van der Waals surface area (Å²) in [4.78, 5) is 27.1. The Morgan fingerprint density at radius 3 is 2.68 bits per heavy atom. The van der Waals surface area contributed by atoms with E-state index >= 15 is 0 Å².